The van der Waals surface area contributed by atoms with Crippen LogP contribution >= 0.6 is 0 Å². The SMILES string of the molecule is CCOC(=O)[C@@]12CC[C@H](OC(=O)c3ccccc3)[C@H]3c4cc(OC)c(OC(=O)C(C)(C)C)cc4C(=O)N(CC1)[C@H]32. The summed E-state index contributed by atoms with van der Waals surface area (Å²) < 4.78 is 22.9. The number of methoxy groups -OCH3 is 1. The molecular weight excluding hydrogens is 514 g/mol. The van der Waals surface area contributed by atoms with Crippen molar-refractivity contribution in [2.75, 3.05) is 20.3 Å². The third-order valence-corrected chi connectivity index (χ3v) is 8.27. The Balaban J connectivity index is 1.62. The van der Waals surface area contributed by atoms with E-state index in [9.17, 15) is 19.2 Å². The Kier molecular flexibility index (Phi) is 7.10. The molecule has 1 saturated carbocycles. The summed E-state index contributed by atoms with van der Waals surface area (Å²) in [7, 11) is 1.46. The summed E-state index contributed by atoms with van der Waals surface area (Å²) in [6.07, 6.45) is 0.690. The van der Waals surface area contributed by atoms with Crippen LogP contribution < -0.4 is 9.47 Å². The molecule has 0 bridgehead atoms. The van der Waals surface area contributed by atoms with Gasteiger partial charge in [0.05, 0.1) is 36.2 Å². The van der Waals surface area contributed by atoms with Crippen LogP contribution in [0.15, 0.2) is 42.5 Å². The number of hydrogen-bond donors (Lipinski definition) is 0. The Labute approximate surface area is 233 Å². The van der Waals surface area contributed by atoms with Crippen molar-refractivity contribution in [3.8, 4) is 11.5 Å². The smallest absolute Gasteiger partial charge is 0.338 e. The number of nitrogens with zero attached hydrogens (tertiary/aromatic N) is 1. The van der Waals surface area contributed by atoms with E-state index in [1.807, 2.05) is 6.07 Å². The van der Waals surface area contributed by atoms with Crippen molar-refractivity contribution in [3.05, 3.63) is 59.2 Å². The first-order valence-electron chi connectivity index (χ1n) is 13.7. The molecule has 0 spiro atoms. The van der Waals surface area contributed by atoms with Crippen LogP contribution in [0.25, 0.3) is 0 Å². The second-order valence-electron chi connectivity index (χ2n) is 11.7. The maximum Gasteiger partial charge on any atom is 0.338 e. The topological polar surface area (TPSA) is 108 Å². The molecule has 9 nitrogen and oxygen atoms in total. The molecule has 0 aromatic heterocycles. The fourth-order valence-corrected chi connectivity index (χ4v) is 6.29. The molecule has 2 heterocycles. The predicted octanol–water partition coefficient (Wildman–Crippen LogP) is 4.53. The first-order chi connectivity index (χ1) is 19.0. The molecule has 1 saturated heterocycles. The number of esters is 3. The first kappa shape index (κ1) is 27.7. The Morgan fingerprint density at radius 1 is 1.05 bits per heavy atom. The maximum atomic E-state index is 13.9. The third-order valence-electron chi connectivity index (χ3n) is 8.27. The van der Waals surface area contributed by atoms with Crippen molar-refractivity contribution in [1.29, 1.82) is 0 Å². The van der Waals surface area contributed by atoms with E-state index in [4.69, 9.17) is 18.9 Å². The van der Waals surface area contributed by atoms with Gasteiger partial charge < -0.3 is 23.8 Å². The molecule has 2 aromatic rings. The highest BCUT2D eigenvalue weighted by atomic mass is 16.6. The number of carbonyl (C=O) groups is 4. The zero-order chi connectivity index (χ0) is 28.8. The number of fused-ring (bicyclic) bond motifs is 2. The normalized spacial score (nSPS) is 25.0. The molecule has 2 fully saturated rings. The van der Waals surface area contributed by atoms with Gasteiger partial charge in [-0.25, -0.2) is 4.79 Å². The second-order valence-corrected chi connectivity index (χ2v) is 11.7. The van der Waals surface area contributed by atoms with Crippen LogP contribution in [0.1, 0.15) is 79.2 Å². The summed E-state index contributed by atoms with van der Waals surface area (Å²) in [5.41, 5.74) is -0.332. The Hall–Kier alpha value is -3.88. The lowest BCUT2D eigenvalue weighted by Gasteiger charge is -2.50. The number of amides is 1. The van der Waals surface area contributed by atoms with Gasteiger partial charge in [0.2, 0.25) is 0 Å². The average molecular weight is 550 g/mol. The standard InChI is InChI=1S/C31H35NO8/c1-6-38-29(36)31-13-12-21(39-27(34)18-10-8-7-9-11-18)24-19-16-22(37-5)23(40-28(35)30(2,3)4)17-20(19)26(33)32(15-14-31)25(24)31/h7-11,16-17,21,24-25H,6,12-15H2,1-5H3/t21-,24+,25+,31-/m0/s1. The lowest BCUT2D eigenvalue weighted by Crippen LogP contribution is -2.59. The molecule has 9 heteroatoms. The number of benzene rings is 2. The van der Waals surface area contributed by atoms with Gasteiger partial charge >= 0.3 is 17.9 Å². The van der Waals surface area contributed by atoms with Crippen molar-refractivity contribution in [1.82, 2.24) is 4.90 Å². The Morgan fingerprint density at radius 3 is 2.42 bits per heavy atom. The summed E-state index contributed by atoms with van der Waals surface area (Å²) in [6, 6.07) is 11.4. The number of carbonyl (C=O) groups excluding carboxylic acids is 4. The molecule has 0 N–H and O–H groups in total. The highest BCUT2D eigenvalue weighted by Crippen LogP contribution is 2.57. The van der Waals surface area contributed by atoms with E-state index in [2.05, 4.69) is 0 Å². The molecule has 1 amide bonds. The van der Waals surface area contributed by atoms with Gasteiger partial charge in [0.25, 0.3) is 5.91 Å². The fraction of sp³-hybridized carbons (Fsp3) is 0.484. The minimum atomic E-state index is -0.908. The lowest BCUT2D eigenvalue weighted by molar-refractivity contribution is -0.161. The van der Waals surface area contributed by atoms with E-state index < -0.39 is 40.8 Å². The number of rotatable bonds is 6. The van der Waals surface area contributed by atoms with Crippen molar-refractivity contribution < 1.29 is 38.1 Å². The molecule has 3 aliphatic rings. The van der Waals surface area contributed by atoms with Crippen LogP contribution in [0.3, 0.4) is 0 Å². The Morgan fingerprint density at radius 2 is 1.77 bits per heavy atom. The monoisotopic (exact) mass is 549 g/mol. The molecule has 1 aliphatic carbocycles. The van der Waals surface area contributed by atoms with E-state index in [-0.39, 0.29) is 30.0 Å². The van der Waals surface area contributed by atoms with E-state index in [0.717, 1.165) is 0 Å². The molecule has 5 rings (SSSR count). The van der Waals surface area contributed by atoms with Crippen LogP contribution in [0.5, 0.6) is 11.5 Å². The maximum absolute atomic E-state index is 13.9. The van der Waals surface area contributed by atoms with Crippen molar-refractivity contribution >= 4 is 23.8 Å². The zero-order valence-electron chi connectivity index (χ0n) is 23.5. The highest BCUT2D eigenvalue weighted by Gasteiger charge is 2.64. The van der Waals surface area contributed by atoms with E-state index in [1.165, 1.54) is 13.2 Å². The van der Waals surface area contributed by atoms with Gasteiger partial charge in [-0.1, -0.05) is 18.2 Å². The summed E-state index contributed by atoms with van der Waals surface area (Å²) in [6.45, 7) is 7.57. The van der Waals surface area contributed by atoms with Crippen LogP contribution in [-0.2, 0) is 19.1 Å². The van der Waals surface area contributed by atoms with Crippen LogP contribution in [0.2, 0.25) is 0 Å². The lowest BCUT2D eigenvalue weighted by atomic mass is 9.61. The minimum absolute atomic E-state index is 0.137. The van der Waals surface area contributed by atoms with Crippen LogP contribution in [0, 0.1) is 10.8 Å². The number of hydrogen-bond acceptors (Lipinski definition) is 8. The van der Waals surface area contributed by atoms with Gasteiger partial charge in [-0.3, -0.25) is 14.4 Å². The summed E-state index contributed by atoms with van der Waals surface area (Å²) in [5, 5.41) is 0. The zero-order valence-corrected chi connectivity index (χ0v) is 23.5. The van der Waals surface area contributed by atoms with Crippen LogP contribution in [-0.4, -0.2) is 61.1 Å². The average Bonchev–Trinajstić information content (AvgIpc) is 3.33. The van der Waals surface area contributed by atoms with Gasteiger partial charge in [-0.05, 0) is 76.8 Å². The quantitative estimate of drug-likeness (QED) is 0.382. The molecule has 0 unspecified atom stereocenters. The molecule has 4 atom stereocenters. The summed E-state index contributed by atoms with van der Waals surface area (Å²) in [4.78, 5) is 55.0. The third kappa shape index (κ3) is 4.51. The minimum Gasteiger partial charge on any atom is -0.493 e. The van der Waals surface area contributed by atoms with E-state index in [1.54, 1.807) is 62.9 Å². The molecule has 0 radical (unpaired) electrons. The van der Waals surface area contributed by atoms with E-state index in [0.29, 0.717) is 42.5 Å². The van der Waals surface area contributed by atoms with Crippen LogP contribution in [0.4, 0.5) is 0 Å². The largest absolute Gasteiger partial charge is 0.493 e. The van der Waals surface area contributed by atoms with E-state index >= 15 is 0 Å². The van der Waals surface area contributed by atoms with Crippen molar-refractivity contribution in [2.24, 2.45) is 10.8 Å². The fourth-order valence-electron chi connectivity index (χ4n) is 6.29. The van der Waals surface area contributed by atoms with Gasteiger partial charge in [0, 0.05) is 18.0 Å². The molecule has 212 valence electrons. The number of ether oxygens (including phenoxy) is 4. The predicted molar refractivity (Wildman–Crippen MR) is 144 cm³/mol. The summed E-state index contributed by atoms with van der Waals surface area (Å²) >= 11 is 0. The van der Waals surface area contributed by atoms with Gasteiger partial charge in [-0.2, -0.15) is 0 Å². The Bertz CT molecular complexity index is 1350. The molecular formula is C31H35NO8. The highest BCUT2D eigenvalue weighted by molar-refractivity contribution is 6.00. The van der Waals surface area contributed by atoms with Gasteiger partial charge in [0.15, 0.2) is 11.5 Å². The first-order valence-corrected chi connectivity index (χ1v) is 13.7. The van der Waals surface area contributed by atoms with Crippen molar-refractivity contribution in [3.63, 3.8) is 0 Å². The molecule has 2 aliphatic heterocycles. The molecule has 40 heavy (non-hydrogen) atoms. The molecule has 2 aromatic carbocycles. The second kappa shape index (κ2) is 10.3. The van der Waals surface area contributed by atoms with Crippen molar-refractivity contribution in [2.45, 2.75) is 65.0 Å². The summed E-state index contributed by atoms with van der Waals surface area (Å²) in [5.74, 6) is -1.65. The van der Waals surface area contributed by atoms with Gasteiger partial charge in [-0.15, -0.1) is 0 Å². The van der Waals surface area contributed by atoms with Gasteiger partial charge in [0.1, 0.15) is 6.10 Å².